The summed E-state index contributed by atoms with van der Waals surface area (Å²) in [5, 5.41) is 0.941. The summed E-state index contributed by atoms with van der Waals surface area (Å²) in [4.78, 5) is 39.1. The second kappa shape index (κ2) is 14.5. The Morgan fingerprint density at radius 3 is 2.61 bits per heavy atom. The number of Topliss-reactive ketones (excluding diaryl/α,β-unsaturated/α-hetero) is 2. The van der Waals surface area contributed by atoms with Crippen LogP contribution in [0.4, 0.5) is 0 Å². The molecule has 5 heteroatoms. The third-order valence-corrected chi connectivity index (χ3v) is 11.2. The van der Waals surface area contributed by atoms with Crippen molar-refractivity contribution in [2.24, 2.45) is 23.7 Å². The van der Waals surface area contributed by atoms with Crippen molar-refractivity contribution >= 4 is 44.2 Å². The third kappa shape index (κ3) is 7.36. The fourth-order valence-corrected chi connectivity index (χ4v) is 8.27. The van der Waals surface area contributed by atoms with Crippen LogP contribution >= 0.6 is 15.9 Å². The molecule has 1 saturated carbocycles. The van der Waals surface area contributed by atoms with Crippen LogP contribution in [0.2, 0.25) is 0 Å². The van der Waals surface area contributed by atoms with E-state index in [0.29, 0.717) is 37.1 Å². The standard InChI is InChI=1S/C39H48BrNO3/c1-5-27-10-15-32-22-29(12-16-31(32)20-27)13-19-38(44)39-26(4)41(36-18-17-33(40)23-35(36)39)24-34(42)9-7-8-28-11-14-30(21-28)25(3)37(43)6-2/h6,10,15,17-18,20,23,25,28-30H,2,5,7-9,11-14,16,19,21-22,24H2,1,3-4H3. The maximum atomic E-state index is 13.8. The number of ketones is 3. The van der Waals surface area contributed by atoms with Crippen molar-refractivity contribution in [2.45, 2.75) is 104 Å². The molecule has 5 rings (SSSR count). The number of allylic oxidation sites excluding steroid dienone is 1. The molecule has 0 aliphatic heterocycles. The lowest BCUT2D eigenvalue weighted by Gasteiger charge is -2.25. The maximum absolute atomic E-state index is 13.8. The van der Waals surface area contributed by atoms with Crippen molar-refractivity contribution in [3.05, 3.63) is 81.5 Å². The molecule has 0 spiro atoms. The highest BCUT2D eigenvalue weighted by atomic mass is 79.9. The van der Waals surface area contributed by atoms with Crippen molar-refractivity contribution in [1.29, 1.82) is 0 Å². The smallest absolute Gasteiger partial charge is 0.165 e. The molecule has 1 aromatic heterocycles. The van der Waals surface area contributed by atoms with E-state index in [9.17, 15) is 14.4 Å². The fraction of sp³-hybridized carbons (Fsp3) is 0.513. The Hall–Kier alpha value is -2.79. The highest BCUT2D eigenvalue weighted by molar-refractivity contribution is 9.10. The second-order valence-electron chi connectivity index (χ2n) is 13.5. The highest BCUT2D eigenvalue weighted by Gasteiger charge is 2.31. The minimum absolute atomic E-state index is 0.0505. The van der Waals surface area contributed by atoms with Gasteiger partial charge in [0, 0.05) is 45.4 Å². The number of nitrogens with zero attached hydrogens (tertiary/aromatic N) is 1. The van der Waals surface area contributed by atoms with E-state index in [1.54, 1.807) is 0 Å². The van der Waals surface area contributed by atoms with Crippen LogP contribution in [0.3, 0.4) is 0 Å². The van der Waals surface area contributed by atoms with E-state index in [4.69, 9.17) is 0 Å². The predicted molar refractivity (Wildman–Crippen MR) is 183 cm³/mol. The van der Waals surface area contributed by atoms with Crippen molar-refractivity contribution in [2.75, 3.05) is 0 Å². The Labute approximate surface area is 271 Å². The Bertz CT molecular complexity index is 1550. The van der Waals surface area contributed by atoms with Crippen molar-refractivity contribution < 1.29 is 14.4 Å². The van der Waals surface area contributed by atoms with Gasteiger partial charge in [-0.2, -0.15) is 0 Å². The molecule has 3 aromatic rings. The number of carbonyl (C=O) groups excluding carboxylic acids is 3. The number of rotatable bonds is 14. The topological polar surface area (TPSA) is 56.1 Å². The van der Waals surface area contributed by atoms with Crippen LogP contribution in [-0.4, -0.2) is 21.9 Å². The number of carbonyl (C=O) groups is 3. The van der Waals surface area contributed by atoms with Crippen LogP contribution in [0, 0.1) is 30.6 Å². The monoisotopic (exact) mass is 657 g/mol. The quantitative estimate of drug-likeness (QED) is 0.128. The molecule has 1 heterocycles. The molecule has 2 aliphatic carbocycles. The van der Waals surface area contributed by atoms with Gasteiger partial charge in [-0.3, -0.25) is 14.4 Å². The molecule has 0 bridgehead atoms. The molecule has 0 radical (unpaired) electrons. The van der Waals surface area contributed by atoms with Gasteiger partial charge in [0.25, 0.3) is 0 Å². The summed E-state index contributed by atoms with van der Waals surface area (Å²) in [5.74, 6) is 2.16. The SMILES string of the molecule is C=CC(=O)C(C)C1CCC(CCCC(=O)Cn2c(C)c(C(=O)CCC3CCc4cc(CC)ccc4C3)c3cc(Br)ccc32)C1. The van der Waals surface area contributed by atoms with Crippen LogP contribution in [0.1, 0.15) is 104 Å². The Balaban J connectivity index is 1.19. The predicted octanol–water partition coefficient (Wildman–Crippen LogP) is 9.59. The zero-order valence-electron chi connectivity index (χ0n) is 26.8. The highest BCUT2D eigenvalue weighted by Crippen LogP contribution is 2.39. The van der Waals surface area contributed by atoms with Gasteiger partial charge in [-0.25, -0.2) is 0 Å². The number of fused-ring (bicyclic) bond motifs is 2. The number of benzene rings is 2. The third-order valence-electron chi connectivity index (χ3n) is 10.7. The van der Waals surface area contributed by atoms with Crippen molar-refractivity contribution in [3.8, 4) is 0 Å². The number of aryl methyl sites for hydroxylation is 2. The van der Waals surface area contributed by atoms with Crippen molar-refractivity contribution in [3.63, 3.8) is 0 Å². The normalized spacial score (nSPS) is 20.4. The fourth-order valence-electron chi connectivity index (χ4n) is 7.91. The van der Waals surface area contributed by atoms with Gasteiger partial charge in [0.2, 0.25) is 0 Å². The lowest BCUT2D eigenvalue weighted by molar-refractivity contribution is -0.120. The number of aromatic nitrogens is 1. The van der Waals surface area contributed by atoms with Crippen LogP contribution in [0.5, 0.6) is 0 Å². The Morgan fingerprint density at radius 2 is 1.84 bits per heavy atom. The van der Waals surface area contributed by atoms with E-state index in [1.807, 2.05) is 32.0 Å². The van der Waals surface area contributed by atoms with E-state index in [2.05, 4.69) is 52.2 Å². The Morgan fingerprint density at radius 1 is 1.02 bits per heavy atom. The minimum atomic E-state index is 0.0505. The summed E-state index contributed by atoms with van der Waals surface area (Å²) in [6.45, 7) is 10.2. The van der Waals surface area contributed by atoms with Crippen LogP contribution in [0.25, 0.3) is 10.9 Å². The minimum Gasteiger partial charge on any atom is -0.337 e. The molecule has 44 heavy (non-hydrogen) atoms. The molecule has 4 unspecified atom stereocenters. The summed E-state index contributed by atoms with van der Waals surface area (Å²) in [6.07, 6.45) is 13.0. The number of halogens is 1. The van der Waals surface area contributed by atoms with E-state index in [1.165, 1.54) is 22.8 Å². The van der Waals surface area contributed by atoms with Gasteiger partial charge in [-0.15, -0.1) is 0 Å². The average Bonchev–Trinajstić information content (AvgIpc) is 3.60. The zero-order chi connectivity index (χ0) is 31.4. The summed E-state index contributed by atoms with van der Waals surface area (Å²) < 4.78 is 3.00. The molecule has 0 N–H and O–H groups in total. The molecular weight excluding hydrogens is 610 g/mol. The van der Waals surface area contributed by atoms with Gasteiger partial charge in [-0.1, -0.05) is 67.4 Å². The van der Waals surface area contributed by atoms with Gasteiger partial charge >= 0.3 is 0 Å². The summed E-state index contributed by atoms with van der Waals surface area (Å²) >= 11 is 3.61. The molecule has 2 aromatic carbocycles. The molecule has 4 atom stereocenters. The second-order valence-corrected chi connectivity index (χ2v) is 14.4. The molecule has 0 amide bonds. The first-order chi connectivity index (χ1) is 21.2. The summed E-state index contributed by atoms with van der Waals surface area (Å²) in [5.41, 5.74) is 6.98. The lowest BCUT2D eigenvalue weighted by atomic mass is 9.80. The lowest BCUT2D eigenvalue weighted by Crippen LogP contribution is -2.17. The van der Waals surface area contributed by atoms with Gasteiger partial charge in [-0.05, 0) is 117 Å². The summed E-state index contributed by atoms with van der Waals surface area (Å²) in [7, 11) is 0. The molecule has 2 aliphatic rings. The van der Waals surface area contributed by atoms with Gasteiger partial charge < -0.3 is 4.57 Å². The molecule has 1 fully saturated rings. The first-order valence-electron chi connectivity index (χ1n) is 16.8. The molecule has 4 nitrogen and oxygen atoms in total. The van der Waals surface area contributed by atoms with Gasteiger partial charge in [0.1, 0.15) is 0 Å². The molecule has 234 valence electrons. The molecule has 0 saturated heterocycles. The first-order valence-corrected chi connectivity index (χ1v) is 17.6. The maximum Gasteiger partial charge on any atom is 0.165 e. The van der Waals surface area contributed by atoms with Gasteiger partial charge in [0.05, 0.1) is 6.54 Å². The number of hydrogen-bond acceptors (Lipinski definition) is 3. The largest absolute Gasteiger partial charge is 0.337 e. The average molecular weight is 659 g/mol. The molecular formula is C39H48BrNO3. The van der Waals surface area contributed by atoms with E-state index < -0.39 is 0 Å². The van der Waals surface area contributed by atoms with E-state index in [-0.39, 0.29) is 23.3 Å². The van der Waals surface area contributed by atoms with E-state index in [0.717, 1.165) is 90.8 Å². The van der Waals surface area contributed by atoms with Crippen LogP contribution < -0.4 is 0 Å². The van der Waals surface area contributed by atoms with Crippen LogP contribution in [0.15, 0.2) is 53.5 Å². The number of hydrogen-bond donors (Lipinski definition) is 0. The Kier molecular flexibility index (Phi) is 10.8. The first kappa shape index (κ1) is 32.6. The van der Waals surface area contributed by atoms with Crippen molar-refractivity contribution in [1.82, 2.24) is 4.57 Å². The van der Waals surface area contributed by atoms with E-state index >= 15 is 0 Å². The van der Waals surface area contributed by atoms with Crippen LogP contribution in [-0.2, 0) is 35.4 Å². The van der Waals surface area contributed by atoms with Gasteiger partial charge in [0.15, 0.2) is 17.3 Å². The zero-order valence-corrected chi connectivity index (χ0v) is 28.4. The summed E-state index contributed by atoms with van der Waals surface area (Å²) in [6, 6.07) is 13.0.